The van der Waals surface area contributed by atoms with Crippen LogP contribution in [-0.2, 0) is 11.3 Å². The molecule has 0 aliphatic carbocycles. The third kappa shape index (κ3) is 4.14. The van der Waals surface area contributed by atoms with Crippen molar-refractivity contribution >= 4 is 33.7 Å². The Kier molecular flexibility index (Phi) is 5.31. The minimum atomic E-state index is -0.396. The Morgan fingerprint density at radius 1 is 1.17 bits per heavy atom. The van der Waals surface area contributed by atoms with Crippen molar-refractivity contribution in [3.63, 3.8) is 0 Å². The molecule has 29 heavy (non-hydrogen) atoms. The van der Waals surface area contributed by atoms with Crippen molar-refractivity contribution in [3.8, 4) is 11.1 Å². The summed E-state index contributed by atoms with van der Waals surface area (Å²) in [6, 6.07) is 17.4. The Bertz CT molecular complexity index is 1240. The Labute approximate surface area is 171 Å². The van der Waals surface area contributed by atoms with E-state index >= 15 is 0 Å². The minimum absolute atomic E-state index is 0.156. The van der Waals surface area contributed by atoms with E-state index in [0.29, 0.717) is 10.2 Å². The van der Waals surface area contributed by atoms with Gasteiger partial charge in [-0.2, -0.15) is 5.10 Å². The van der Waals surface area contributed by atoms with Crippen LogP contribution in [0.15, 0.2) is 76.2 Å². The highest BCUT2D eigenvalue weighted by atomic mass is 32.1. The normalized spacial score (nSPS) is 11.2. The van der Waals surface area contributed by atoms with E-state index in [2.05, 4.69) is 15.5 Å². The van der Waals surface area contributed by atoms with E-state index in [0.717, 1.165) is 22.3 Å². The molecule has 0 atom stereocenters. The Morgan fingerprint density at radius 3 is 2.69 bits per heavy atom. The number of aryl methyl sites for hydroxylation is 1. The third-order valence-corrected chi connectivity index (χ3v) is 5.33. The van der Waals surface area contributed by atoms with Gasteiger partial charge in [0.15, 0.2) is 0 Å². The first kappa shape index (κ1) is 18.8. The van der Waals surface area contributed by atoms with Crippen molar-refractivity contribution < 1.29 is 4.79 Å². The Morgan fingerprint density at radius 2 is 1.93 bits per heavy atom. The molecule has 0 bridgehead atoms. The molecule has 0 aliphatic heterocycles. The zero-order chi connectivity index (χ0) is 20.2. The summed E-state index contributed by atoms with van der Waals surface area (Å²) in [5, 5.41) is 6.39. The average molecular weight is 402 g/mol. The predicted molar refractivity (Wildman–Crippen MR) is 116 cm³/mol. The number of amides is 1. The van der Waals surface area contributed by atoms with Crippen LogP contribution >= 0.6 is 11.3 Å². The number of hydrogen-bond acceptors (Lipinski definition) is 5. The number of carbonyl (C=O) groups excluding carboxylic acids is 1. The number of nitrogens with one attached hydrogen (secondary N) is 1. The van der Waals surface area contributed by atoms with Crippen molar-refractivity contribution in [1.82, 2.24) is 15.0 Å². The fourth-order valence-corrected chi connectivity index (χ4v) is 3.84. The zero-order valence-electron chi connectivity index (χ0n) is 15.7. The second-order valence-corrected chi connectivity index (χ2v) is 7.44. The molecule has 144 valence electrons. The van der Waals surface area contributed by atoms with Crippen LogP contribution in [0.25, 0.3) is 21.3 Å². The van der Waals surface area contributed by atoms with Crippen molar-refractivity contribution in [1.29, 1.82) is 0 Å². The molecule has 0 saturated carbocycles. The van der Waals surface area contributed by atoms with Gasteiger partial charge in [0.1, 0.15) is 11.4 Å². The Hall–Kier alpha value is -3.58. The van der Waals surface area contributed by atoms with Gasteiger partial charge in [-0.25, -0.2) is 10.4 Å². The van der Waals surface area contributed by atoms with E-state index in [1.165, 1.54) is 22.2 Å². The highest BCUT2D eigenvalue weighted by Gasteiger charge is 2.14. The standard InChI is InChI=1S/C22H18N4O2S/c1-15-7-9-17(10-8-15)18-13-29-21-20(18)22(28)26(14-23-21)12-19(27)25-24-11-16-5-3-2-4-6-16/h2-11,13-14H,12H2,1H3,(H,25,27)/b24-11+. The molecule has 1 amide bonds. The van der Waals surface area contributed by atoms with Crippen molar-refractivity contribution in [2.45, 2.75) is 13.5 Å². The van der Waals surface area contributed by atoms with Gasteiger partial charge in [-0.1, -0.05) is 60.2 Å². The van der Waals surface area contributed by atoms with Crippen molar-refractivity contribution in [2.24, 2.45) is 5.10 Å². The van der Waals surface area contributed by atoms with Crippen LogP contribution in [-0.4, -0.2) is 21.7 Å². The van der Waals surface area contributed by atoms with Gasteiger partial charge in [0, 0.05) is 10.9 Å². The molecule has 4 aromatic rings. The lowest BCUT2D eigenvalue weighted by molar-refractivity contribution is -0.121. The van der Waals surface area contributed by atoms with Gasteiger partial charge in [-0.15, -0.1) is 11.3 Å². The first-order valence-electron chi connectivity index (χ1n) is 9.02. The molecule has 0 radical (unpaired) electrons. The van der Waals surface area contributed by atoms with E-state index in [1.54, 1.807) is 6.21 Å². The lowest BCUT2D eigenvalue weighted by Crippen LogP contribution is -2.30. The maximum absolute atomic E-state index is 13.0. The van der Waals surface area contributed by atoms with Crippen LogP contribution in [0, 0.1) is 6.92 Å². The Balaban J connectivity index is 1.56. The fraction of sp³-hybridized carbons (Fsp3) is 0.0909. The maximum Gasteiger partial charge on any atom is 0.263 e. The summed E-state index contributed by atoms with van der Waals surface area (Å²) in [7, 11) is 0. The molecule has 7 heteroatoms. The molecule has 0 aliphatic rings. The number of aromatic nitrogens is 2. The van der Waals surface area contributed by atoms with E-state index in [1.807, 2.05) is 66.9 Å². The van der Waals surface area contributed by atoms with Gasteiger partial charge in [-0.3, -0.25) is 14.2 Å². The zero-order valence-corrected chi connectivity index (χ0v) is 16.5. The summed E-state index contributed by atoms with van der Waals surface area (Å²) < 4.78 is 1.31. The number of hydrazone groups is 1. The van der Waals surface area contributed by atoms with Gasteiger partial charge in [0.05, 0.1) is 17.9 Å². The first-order valence-corrected chi connectivity index (χ1v) is 9.90. The van der Waals surface area contributed by atoms with Crippen molar-refractivity contribution in [3.05, 3.63) is 87.8 Å². The van der Waals surface area contributed by atoms with Gasteiger partial charge in [-0.05, 0) is 18.1 Å². The van der Waals surface area contributed by atoms with Gasteiger partial charge in [0.2, 0.25) is 0 Å². The number of fused-ring (bicyclic) bond motifs is 1. The second-order valence-electron chi connectivity index (χ2n) is 6.58. The molecule has 0 spiro atoms. The smallest absolute Gasteiger partial charge is 0.263 e. The third-order valence-electron chi connectivity index (χ3n) is 4.44. The van der Waals surface area contributed by atoms with Gasteiger partial charge >= 0.3 is 0 Å². The predicted octanol–water partition coefficient (Wildman–Crippen LogP) is 3.58. The molecule has 0 saturated heterocycles. The number of benzene rings is 2. The molecule has 2 heterocycles. The molecule has 0 fully saturated rings. The lowest BCUT2D eigenvalue weighted by Gasteiger charge is -2.05. The summed E-state index contributed by atoms with van der Waals surface area (Å²) >= 11 is 1.42. The van der Waals surface area contributed by atoms with Crippen LogP contribution in [0.5, 0.6) is 0 Å². The molecular weight excluding hydrogens is 384 g/mol. The quantitative estimate of drug-likeness (QED) is 0.409. The molecule has 1 N–H and O–H groups in total. The molecule has 6 nitrogen and oxygen atoms in total. The van der Waals surface area contributed by atoms with Crippen LogP contribution in [0.1, 0.15) is 11.1 Å². The second kappa shape index (κ2) is 8.20. The monoisotopic (exact) mass is 402 g/mol. The maximum atomic E-state index is 13.0. The van der Waals surface area contributed by atoms with E-state index in [-0.39, 0.29) is 12.1 Å². The summed E-state index contributed by atoms with van der Waals surface area (Å²) in [6.45, 7) is 1.86. The number of nitrogens with zero attached hydrogens (tertiary/aromatic N) is 3. The fourth-order valence-electron chi connectivity index (χ4n) is 2.93. The molecular formula is C22H18N4O2S. The van der Waals surface area contributed by atoms with Crippen molar-refractivity contribution in [2.75, 3.05) is 0 Å². The summed E-state index contributed by atoms with van der Waals surface area (Å²) in [6.07, 6.45) is 2.96. The van der Waals surface area contributed by atoms with Crippen LogP contribution in [0.2, 0.25) is 0 Å². The highest BCUT2D eigenvalue weighted by molar-refractivity contribution is 7.17. The molecule has 0 unspecified atom stereocenters. The summed E-state index contributed by atoms with van der Waals surface area (Å²) in [5.74, 6) is -0.396. The highest BCUT2D eigenvalue weighted by Crippen LogP contribution is 2.30. The SMILES string of the molecule is Cc1ccc(-c2csc3ncn(CC(=O)N/N=C/c4ccccc4)c(=O)c23)cc1. The molecule has 2 aromatic heterocycles. The van der Waals surface area contributed by atoms with E-state index in [4.69, 9.17) is 0 Å². The van der Waals surface area contributed by atoms with E-state index in [9.17, 15) is 9.59 Å². The number of thiophene rings is 1. The minimum Gasteiger partial charge on any atom is -0.289 e. The van der Waals surface area contributed by atoms with Crippen LogP contribution < -0.4 is 11.0 Å². The van der Waals surface area contributed by atoms with Gasteiger partial charge in [0.25, 0.3) is 11.5 Å². The molecule has 2 aromatic carbocycles. The molecule has 4 rings (SSSR count). The first-order chi connectivity index (χ1) is 14.1. The van der Waals surface area contributed by atoms with Crippen LogP contribution in [0.4, 0.5) is 0 Å². The summed E-state index contributed by atoms with van der Waals surface area (Å²) in [4.78, 5) is 30.2. The van der Waals surface area contributed by atoms with E-state index < -0.39 is 5.91 Å². The lowest BCUT2D eigenvalue weighted by atomic mass is 10.1. The van der Waals surface area contributed by atoms with Crippen LogP contribution in [0.3, 0.4) is 0 Å². The van der Waals surface area contributed by atoms with Gasteiger partial charge < -0.3 is 0 Å². The number of hydrogen-bond donors (Lipinski definition) is 1. The summed E-state index contributed by atoms with van der Waals surface area (Å²) in [5.41, 5.74) is 6.01. The topological polar surface area (TPSA) is 76.3 Å². The number of rotatable bonds is 5. The average Bonchev–Trinajstić information content (AvgIpc) is 3.16. The number of carbonyl (C=O) groups is 1. The largest absolute Gasteiger partial charge is 0.289 e.